The lowest BCUT2D eigenvalue weighted by molar-refractivity contribution is 0.0335. The average Bonchev–Trinajstić information content (AvgIpc) is 2.55. The number of hydrogen-bond donors (Lipinski definition) is 2. The van der Waals surface area contributed by atoms with Crippen molar-refractivity contribution in [3.05, 3.63) is 0 Å². The molecule has 0 spiro atoms. The fourth-order valence-corrected chi connectivity index (χ4v) is 3.23. The van der Waals surface area contributed by atoms with Gasteiger partial charge in [0.2, 0.25) is 0 Å². The van der Waals surface area contributed by atoms with Crippen LogP contribution in [-0.4, -0.2) is 37.0 Å². The van der Waals surface area contributed by atoms with Crippen molar-refractivity contribution in [2.45, 2.75) is 103 Å². The molecule has 1 unspecified atom stereocenters. The molecule has 1 fully saturated rings. The normalized spacial score (nSPS) is 17.7. The quantitative estimate of drug-likeness (QED) is 0.466. The minimum atomic E-state index is -0.351. The van der Waals surface area contributed by atoms with Crippen molar-refractivity contribution in [2.75, 3.05) is 19.8 Å². The SMILES string of the molecule is CCCCCCCCCCOCC(O)CNC1CCCCC1. The lowest BCUT2D eigenvalue weighted by Crippen LogP contribution is -2.38. The second kappa shape index (κ2) is 14.5. The van der Waals surface area contributed by atoms with Gasteiger partial charge in [-0.1, -0.05) is 71.1 Å². The zero-order valence-corrected chi connectivity index (χ0v) is 14.8. The fourth-order valence-electron chi connectivity index (χ4n) is 3.23. The van der Waals surface area contributed by atoms with Gasteiger partial charge < -0.3 is 15.2 Å². The lowest BCUT2D eigenvalue weighted by atomic mass is 9.95. The smallest absolute Gasteiger partial charge is 0.0897 e. The molecule has 1 rings (SSSR count). The molecule has 0 aliphatic heterocycles. The zero-order chi connectivity index (χ0) is 15.9. The highest BCUT2D eigenvalue weighted by Gasteiger charge is 2.14. The summed E-state index contributed by atoms with van der Waals surface area (Å²) < 4.78 is 5.59. The monoisotopic (exact) mass is 313 g/mol. The second-order valence-electron chi connectivity index (χ2n) is 6.95. The van der Waals surface area contributed by atoms with Crippen LogP contribution >= 0.6 is 0 Å². The summed E-state index contributed by atoms with van der Waals surface area (Å²) >= 11 is 0. The maximum absolute atomic E-state index is 9.92. The van der Waals surface area contributed by atoms with Crippen LogP contribution in [0, 0.1) is 0 Å². The van der Waals surface area contributed by atoms with Crippen LogP contribution in [0.3, 0.4) is 0 Å². The Morgan fingerprint density at radius 2 is 1.59 bits per heavy atom. The van der Waals surface area contributed by atoms with Crippen LogP contribution in [0.5, 0.6) is 0 Å². The Hall–Kier alpha value is -0.120. The van der Waals surface area contributed by atoms with Crippen LogP contribution in [0.2, 0.25) is 0 Å². The molecule has 2 N–H and O–H groups in total. The summed E-state index contributed by atoms with van der Waals surface area (Å²) in [6.45, 7) is 4.23. The first-order valence-corrected chi connectivity index (χ1v) is 9.82. The van der Waals surface area contributed by atoms with Gasteiger partial charge in [0, 0.05) is 19.2 Å². The predicted molar refractivity (Wildman–Crippen MR) is 94.3 cm³/mol. The van der Waals surface area contributed by atoms with E-state index >= 15 is 0 Å². The number of aliphatic hydroxyl groups excluding tert-OH is 1. The van der Waals surface area contributed by atoms with Gasteiger partial charge in [0.1, 0.15) is 0 Å². The van der Waals surface area contributed by atoms with Crippen LogP contribution in [0.1, 0.15) is 90.4 Å². The molecular weight excluding hydrogens is 274 g/mol. The highest BCUT2D eigenvalue weighted by atomic mass is 16.5. The van der Waals surface area contributed by atoms with Crippen molar-refractivity contribution in [1.82, 2.24) is 5.32 Å². The van der Waals surface area contributed by atoms with Crippen LogP contribution in [-0.2, 0) is 4.74 Å². The van der Waals surface area contributed by atoms with E-state index in [9.17, 15) is 5.11 Å². The molecular formula is C19H39NO2. The number of ether oxygens (including phenoxy) is 1. The Bertz CT molecular complexity index is 229. The standard InChI is InChI=1S/C19H39NO2/c1-2-3-4-5-6-7-8-12-15-22-17-19(21)16-20-18-13-10-9-11-14-18/h18-21H,2-17H2,1H3. The first-order valence-electron chi connectivity index (χ1n) is 9.82. The minimum absolute atomic E-state index is 0.351. The Balaban J connectivity index is 1.79. The molecule has 1 atom stereocenters. The molecule has 1 saturated carbocycles. The van der Waals surface area contributed by atoms with Crippen molar-refractivity contribution in [1.29, 1.82) is 0 Å². The van der Waals surface area contributed by atoms with Gasteiger partial charge >= 0.3 is 0 Å². The summed E-state index contributed by atoms with van der Waals surface area (Å²) in [5.41, 5.74) is 0. The fraction of sp³-hybridized carbons (Fsp3) is 1.00. The third-order valence-corrected chi connectivity index (χ3v) is 4.70. The molecule has 0 radical (unpaired) electrons. The van der Waals surface area contributed by atoms with Crippen molar-refractivity contribution in [3.63, 3.8) is 0 Å². The molecule has 0 bridgehead atoms. The van der Waals surface area contributed by atoms with E-state index < -0.39 is 0 Å². The number of aliphatic hydroxyl groups is 1. The molecule has 3 heteroatoms. The average molecular weight is 314 g/mol. The van der Waals surface area contributed by atoms with E-state index in [0.717, 1.165) is 13.0 Å². The third-order valence-electron chi connectivity index (χ3n) is 4.70. The Kier molecular flexibility index (Phi) is 13.1. The minimum Gasteiger partial charge on any atom is -0.389 e. The topological polar surface area (TPSA) is 41.5 Å². The molecule has 0 aromatic carbocycles. The molecule has 1 aliphatic rings. The van der Waals surface area contributed by atoms with E-state index in [1.807, 2.05) is 0 Å². The molecule has 0 aromatic heterocycles. The summed E-state index contributed by atoms with van der Waals surface area (Å²) in [5, 5.41) is 13.4. The molecule has 1 aliphatic carbocycles. The first-order chi connectivity index (χ1) is 10.8. The van der Waals surface area contributed by atoms with Crippen LogP contribution in [0.15, 0.2) is 0 Å². The van der Waals surface area contributed by atoms with Crippen LogP contribution in [0.4, 0.5) is 0 Å². The molecule has 0 heterocycles. The molecule has 132 valence electrons. The van der Waals surface area contributed by atoms with Gasteiger partial charge in [-0.15, -0.1) is 0 Å². The van der Waals surface area contributed by atoms with E-state index in [0.29, 0.717) is 19.2 Å². The van der Waals surface area contributed by atoms with Gasteiger partial charge in [-0.2, -0.15) is 0 Å². The van der Waals surface area contributed by atoms with Crippen molar-refractivity contribution in [2.24, 2.45) is 0 Å². The molecule has 0 saturated heterocycles. The molecule has 3 nitrogen and oxygen atoms in total. The summed E-state index contributed by atoms with van der Waals surface area (Å²) in [6, 6.07) is 0.621. The van der Waals surface area contributed by atoms with Crippen LogP contribution < -0.4 is 5.32 Å². The maximum Gasteiger partial charge on any atom is 0.0897 e. The van der Waals surface area contributed by atoms with E-state index in [1.54, 1.807) is 0 Å². The number of hydrogen-bond acceptors (Lipinski definition) is 3. The maximum atomic E-state index is 9.92. The Morgan fingerprint density at radius 1 is 0.955 bits per heavy atom. The third kappa shape index (κ3) is 11.4. The largest absolute Gasteiger partial charge is 0.389 e. The van der Waals surface area contributed by atoms with Gasteiger partial charge in [-0.05, 0) is 19.3 Å². The van der Waals surface area contributed by atoms with Gasteiger partial charge in [0.15, 0.2) is 0 Å². The first kappa shape index (κ1) is 19.9. The van der Waals surface area contributed by atoms with Crippen molar-refractivity contribution >= 4 is 0 Å². The van der Waals surface area contributed by atoms with Crippen molar-refractivity contribution in [3.8, 4) is 0 Å². The van der Waals surface area contributed by atoms with E-state index in [1.165, 1.54) is 77.0 Å². The summed E-state index contributed by atoms with van der Waals surface area (Å²) in [7, 11) is 0. The molecule has 0 amide bonds. The van der Waals surface area contributed by atoms with E-state index in [-0.39, 0.29) is 6.10 Å². The zero-order valence-electron chi connectivity index (χ0n) is 14.8. The van der Waals surface area contributed by atoms with Gasteiger partial charge in [0.05, 0.1) is 12.7 Å². The van der Waals surface area contributed by atoms with E-state index in [4.69, 9.17) is 4.74 Å². The number of rotatable bonds is 14. The Morgan fingerprint density at radius 3 is 2.27 bits per heavy atom. The summed E-state index contributed by atoms with van der Waals surface area (Å²) in [6.07, 6.45) is 16.8. The molecule has 0 aromatic rings. The van der Waals surface area contributed by atoms with Gasteiger partial charge in [-0.25, -0.2) is 0 Å². The molecule has 22 heavy (non-hydrogen) atoms. The van der Waals surface area contributed by atoms with Gasteiger partial charge in [-0.3, -0.25) is 0 Å². The van der Waals surface area contributed by atoms with Gasteiger partial charge in [0.25, 0.3) is 0 Å². The van der Waals surface area contributed by atoms with Crippen LogP contribution in [0.25, 0.3) is 0 Å². The number of unbranched alkanes of at least 4 members (excludes halogenated alkanes) is 7. The second-order valence-corrected chi connectivity index (χ2v) is 6.95. The highest BCUT2D eigenvalue weighted by Crippen LogP contribution is 2.17. The number of nitrogens with one attached hydrogen (secondary N) is 1. The highest BCUT2D eigenvalue weighted by molar-refractivity contribution is 4.73. The summed E-state index contributed by atoms with van der Waals surface area (Å²) in [5.74, 6) is 0. The Labute approximate surface area is 138 Å². The lowest BCUT2D eigenvalue weighted by Gasteiger charge is -2.24. The predicted octanol–water partition coefficient (Wildman–Crippen LogP) is 4.43. The van der Waals surface area contributed by atoms with Crippen molar-refractivity contribution < 1.29 is 9.84 Å². The van der Waals surface area contributed by atoms with E-state index in [2.05, 4.69) is 12.2 Å². The summed E-state index contributed by atoms with van der Waals surface area (Å²) in [4.78, 5) is 0.